The Hall–Kier alpha value is -2.94. The van der Waals surface area contributed by atoms with Gasteiger partial charge in [-0.05, 0) is 59.2 Å². The van der Waals surface area contributed by atoms with Gasteiger partial charge in [0.15, 0.2) is 11.5 Å². The Labute approximate surface area is 207 Å². The fraction of sp³-hybridized carbons (Fsp3) is 0.615. The summed E-state index contributed by atoms with van der Waals surface area (Å²) in [5.74, 6) is -2.35. The molecule has 1 aromatic rings. The molecule has 0 heterocycles. The van der Waals surface area contributed by atoms with Gasteiger partial charge in [-0.1, -0.05) is 19.9 Å². The van der Waals surface area contributed by atoms with E-state index in [9.17, 15) is 19.2 Å². The SMILES string of the molecule is COC(=O)[C@@](N)(CCOC(=O)C(C)C)Cc1ccc(OC(=O)C(C)(C)C)c(OC(=O)C(C)(C)C)c1. The Morgan fingerprint density at radius 1 is 0.857 bits per heavy atom. The van der Waals surface area contributed by atoms with Crippen molar-refractivity contribution in [3.63, 3.8) is 0 Å². The van der Waals surface area contributed by atoms with Crippen LogP contribution in [0.2, 0.25) is 0 Å². The van der Waals surface area contributed by atoms with Crippen molar-refractivity contribution in [3.05, 3.63) is 23.8 Å². The van der Waals surface area contributed by atoms with E-state index >= 15 is 0 Å². The number of hydrogen-bond donors (Lipinski definition) is 1. The van der Waals surface area contributed by atoms with Crippen LogP contribution in [0, 0.1) is 16.7 Å². The Morgan fingerprint density at radius 2 is 1.37 bits per heavy atom. The van der Waals surface area contributed by atoms with E-state index in [1.54, 1.807) is 61.5 Å². The normalized spacial score (nSPS) is 13.6. The zero-order valence-electron chi connectivity index (χ0n) is 22.3. The first-order valence-corrected chi connectivity index (χ1v) is 11.5. The molecule has 9 nitrogen and oxygen atoms in total. The maximum absolute atomic E-state index is 12.6. The summed E-state index contributed by atoms with van der Waals surface area (Å²) >= 11 is 0. The van der Waals surface area contributed by atoms with Crippen LogP contribution < -0.4 is 15.2 Å². The smallest absolute Gasteiger partial charge is 0.326 e. The summed E-state index contributed by atoms with van der Waals surface area (Å²) in [4.78, 5) is 49.3. The lowest BCUT2D eigenvalue weighted by atomic mass is 9.88. The Bertz CT molecular complexity index is 940. The monoisotopic (exact) mass is 493 g/mol. The van der Waals surface area contributed by atoms with Crippen molar-refractivity contribution in [2.45, 2.75) is 73.8 Å². The number of benzene rings is 1. The van der Waals surface area contributed by atoms with Gasteiger partial charge in [-0.2, -0.15) is 0 Å². The first-order chi connectivity index (χ1) is 15.9. The molecule has 0 spiro atoms. The molecule has 35 heavy (non-hydrogen) atoms. The Morgan fingerprint density at radius 3 is 1.83 bits per heavy atom. The number of carbonyl (C=O) groups excluding carboxylic acids is 4. The van der Waals surface area contributed by atoms with Crippen LogP contribution in [0.5, 0.6) is 11.5 Å². The van der Waals surface area contributed by atoms with Crippen LogP contribution in [0.25, 0.3) is 0 Å². The van der Waals surface area contributed by atoms with Crippen molar-refractivity contribution >= 4 is 23.9 Å². The second-order valence-electron chi connectivity index (χ2n) is 11.0. The summed E-state index contributed by atoms with van der Waals surface area (Å²) in [5.41, 5.74) is 3.80. The van der Waals surface area contributed by atoms with Crippen molar-refractivity contribution in [3.8, 4) is 11.5 Å². The number of rotatable bonds is 9. The quantitative estimate of drug-likeness (QED) is 0.405. The highest BCUT2D eigenvalue weighted by atomic mass is 16.6. The molecule has 0 aromatic heterocycles. The molecule has 1 rings (SSSR count). The van der Waals surface area contributed by atoms with E-state index in [0.29, 0.717) is 5.56 Å². The maximum Gasteiger partial charge on any atom is 0.326 e. The predicted molar refractivity (Wildman–Crippen MR) is 130 cm³/mol. The summed E-state index contributed by atoms with van der Waals surface area (Å²) in [7, 11) is 1.22. The molecule has 0 radical (unpaired) electrons. The molecule has 0 unspecified atom stereocenters. The number of methoxy groups -OCH3 is 1. The molecule has 0 fully saturated rings. The molecule has 0 aliphatic heterocycles. The van der Waals surface area contributed by atoms with Gasteiger partial charge >= 0.3 is 23.9 Å². The van der Waals surface area contributed by atoms with Gasteiger partial charge in [0, 0.05) is 12.8 Å². The van der Waals surface area contributed by atoms with Gasteiger partial charge in [0.25, 0.3) is 0 Å². The lowest BCUT2D eigenvalue weighted by molar-refractivity contribution is -0.152. The van der Waals surface area contributed by atoms with Gasteiger partial charge in [-0.3, -0.25) is 19.2 Å². The van der Waals surface area contributed by atoms with E-state index in [1.807, 2.05) is 0 Å². The molecule has 0 bridgehead atoms. The van der Waals surface area contributed by atoms with Crippen molar-refractivity contribution in [2.75, 3.05) is 13.7 Å². The first kappa shape index (κ1) is 30.1. The molecular formula is C26H39NO8. The van der Waals surface area contributed by atoms with Crippen molar-refractivity contribution < 1.29 is 38.1 Å². The van der Waals surface area contributed by atoms with Crippen molar-refractivity contribution in [1.29, 1.82) is 0 Å². The molecule has 0 saturated heterocycles. The van der Waals surface area contributed by atoms with E-state index in [0.717, 1.165) is 0 Å². The highest BCUT2D eigenvalue weighted by molar-refractivity contribution is 5.82. The number of ether oxygens (including phenoxy) is 4. The second-order valence-corrected chi connectivity index (χ2v) is 11.0. The van der Waals surface area contributed by atoms with Gasteiger partial charge in [-0.15, -0.1) is 0 Å². The summed E-state index contributed by atoms with van der Waals surface area (Å²) < 4.78 is 21.1. The Balaban J connectivity index is 3.30. The van der Waals surface area contributed by atoms with Gasteiger partial charge in [0.2, 0.25) is 0 Å². The van der Waals surface area contributed by atoms with Crippen LogP contribution in [-0.4, -0.2) is 43.1 Å². The van der Waals surface area contributed by atoms with Gasteiger partial charge in [0.05, 0.1) is 30.5 Å². The fourth-order valence-corrected chi connectivity index (χ4v) is 2.66. The van der Waals surface area contributed by atoms with Crippen molar-refractivity contribution in [1.82, 2.24) is 0 Å². The molecule has 0 aliphatic carbocycles. The average molecular weight is 494 g/mol. The van der Waals surface area contributed by atoms with E-state index in [2.05, 4.69) is 0 Å². The van der Waals surface area contributed by atoms with Crippen LogP contribution in [0.4, 0.5) is 0 Å². The number of hydrogen-bond acceptors (Lipinski definition) is 9. The largest absolute Gasteiger partial charge is 0.468 e. The molecule has 0 saturated carbocycles. The predicted octanol–water partition coefficient (Wildman–Crippen LogP) is 3.59. The number of carbonyl (C=O) groups is 4. The summed E-state index contributed by atoms with van der Waals surface area (Å²) in [5, 5.41) is 0. The van der Waals surface area contributed by atoms with E-state index in [4.69, 9.17) is 24.7 Å². The van der Waals surface area contributed by atoms with Gasteiger partial charge < -0.3 is 24.7 Å². The molecule has 0 amide bonds. The van der Waals surface area contributed by atoms with Crippen molar-refractivity contribution in [2.24, 2.45) is 22.5 Å². The minimum atomic E-state index is -1.51. The molecular weight excluding hydrogens is 454 g/mol. The third-order valence-corrected chi connectivity index (χ3v) is 5.01. The van der Waals surface area contributed by atoms with Gasteiger partial charge in [-0.25, -0.2) is 0 Å². The summed E-state index contributed by atoms with van der Waals surface area (Å²) in [6.45, 7) is 13.5. The maximum atomic E-state index is 12.6. The molecule has 196 valence electrons. The number of nitrogens with two attached hydrogens (primary N) is 1. The lowest BCUT2D eigenvalue weighted by Crippen LogP contribution is -2.51. The standard InChI is InChI=1S/C26H39NO8/c1-16(2)20(28)33-13-12-26(27,23(31)32-9)15-17-10-11-18(34-21(29)24(3,4)5)19(14-17)35-22(30)25(6,7)8/h10-11,14,16H,12-13,15,27H2,1-9H3/t26-/m1/s1. The second kappa shape index (κ2) is 11.7. The highest BCUT2D eigenvalue weighted by Crippen LogP contribution is 2.33. The topological polar surface area (TPSA) is 131 Å². The van der Waals surface area contributed by atoms with E-state index < -0.39 is 40.2 Å². The van der Waals surface area contributed by atoms with Crippen LogP contribution in [0.1, 0.15) is 67.4 Å². The van der Waals surface area contributed by atoms with Crippen LogP contribution >= 0.6 is 0 Å². The van der Waals surface area contributed by atoms with E-state index in [1.165, 1.54) is 19.2 Å². The van der Waals surface area contributed by atoms with Crippen LogP contribution in [0.3, 0.4) is 0 Å². The number of esters is 4. The molecule has 1 aromatic carbocycles. The third-order valence-electron chi connectivity index (χ3n) is 5.01. The molecule has 9 heteroatoms. The first-order valence-electron chi connectivity index (χ1n) is 11.5. The molecule has 2 N–H and O–H groups in total. The Kier molecular flexibility index (Phi) is 10.0. The molecule has 1 atom stereocenters. The van der Waals surface area contributed by atoms with Crippen LogP contribution in [-0.2, 0) is 35.1 Å². The van der Waals surface area contributed by atoms with Gasteiger partial charge in [0.1, 0.15) is 5.54 Å². The minimum Gasteiger partial charge on any atom is -0.468 e. The zero-order valence-corrected chi connectivity index (χ0v) is 22.3. The summed E-state index contributed by atoms with van der Waals surface area (Å²) in [6, 6.07) is 4.60. The minimum absolute atomic E-state index is 0.00747. The molecule has 0 aliphatic rings. The zero-order chi connectivity index (χ0) is 27.2. The lowest BCUT2D eigenvalue weighted by Gasteiger charge is -2.27. The highest BCUT2D eigenvalue weighted by Gasteiger charge is 2.36. The third kappa shape index (κ3) is 8.98. The average Bonchev–Trinajstić information content (AvgIpc) is 2.73. The summed E-state index contributed by atoms with van der Waals surface area (Å²) in [6.07, 6.45) is 0.00246. The van der Waals surface area contributed by atoms with E-state index in [-0.39, 0.29) is 36.9 Å². The fourth-order valence-electron chi connectivity index (χ4n) is 2.66. The van der Waals surface area contributed by atoms with Crippen LogP contribution in [0.15, 0.2) is 18.2 Å².